The second-order valence-electron chi connectivity index (χ2n) is 11.9. The Morgan fingerprint density at radius 1 is 1.17 bits per heavy atom. The number of carbonyl (C=O) groups is 1. The number of pyridine rings is 1. The Morgan fingerprint density at radius 3 is 2.67 bits per heavy atom. The van der Waals surface area contributed by atoms with E-state index in [1.807, 2.05) is 17.7 Å². The highest BCUT2D eigenvalue weighted by Gasteiger charge is 2.49. The standard InChI is InChI=1S/C31H31F3N6O2/c1-17-13-31(14-17,29-38-36-16-39(29)2)20-11-24(19-3-4-19)37-26(12-20)40-25-6-5-23(32)21-9-18(10-22(27(21)25)28(40)41)15-35-7-8-42-30(33)34/h5-6,9-12,16-17,19,30,35H,3-4,7-8,13-15H2,1-2H3. The number of halogens is 3. The van der Waals surface area contributed by atoms with E-state index in [2.05, 4.69) is 33.2 Å². The van der Waals surface area contributed by atoms with Crippen molar-refractivity contribution in [2.24, 2.45) is 13.0 Å². The molecule has 0 atom stereocenters. The van der Waals surface area contributed by atoms with Crippen LogP contribution >= 0.6 is 0 Å². The Bertz CT molecular complexity index is 1700. The normalized spacial score (nSPS) is 21.5. The Labute approximate surface area is 240 Å². The fraction of sp³-hybridized carbons (Fsp3) is 0.419. The predicted octanol–water partition coefficient (Wildman–Crippen LogP) is 5.72. The third-order valence-electron chi connectivity index (χ3n) is 8.77. The molecule has 0 spiro atoms. The number of aromatic nitrogens is 4. The average molecular weight is 577 g/mol. The number of benzene rings is 2. The van der Waals surface area contributed by atoms with Crippen molar-refractivity contribution in [1.82, 2.24) is 25.1 Å². The second kappa shape index (κ2) is 10.2. The van der Waals surface area contributed by atoms with Gasteiger partial charge < -0.3 is 14.6 Å². The number of hydrogen-bond donors (Lipinski definition) is 1. The summed E-state index contributed by atoms with van der Waals surface area (Å²) < 4.78 is 45.9. The van der Waals surface area contributed by atoms with E-state index in [-0.39, 0.29) is 31.0 Å². The SMILES string of the molecule is CC1CC(c2cc(C3CC3)nc(N3C(=O)c4cc(CNCCOC(F)F)cc5c(F)ccc3c45)c2)(c2nncn2C)C1. The number of nitrogens with one attached hydrogen (secondary N) is 1. The smallest absolute Gasteiger partial charge is 0.322 e. The van der Waals surface area contributed by atoms with Crippen molar-refractivity contribution in [2.75, 3.05) is 18.1 Å². The molecular weight excluding hydrogens is 545 g/mol. The molecule has 42 heavy (non-hydrogen) atoms. The van der Waals surface area contributed by atoms with Crippen molar-refractivity contribution in [3.63, 3.8) is 0 Å². The molecule has 2 aliphatic carbocycles. The summed E-state index contributed by atoms with van der Waals surface area (Å²) in [5, 5.41) is 12.6. The number of hydrogen-bond acceptors (Lipinski definition) is 6. The third-order valence-corrected chi connectivity index (χ3v) is 8.77. The van der Waals surface area contributed by atoms with Gasteiger partial charge in [0.25, 0.3) is 5.91 Å². The van der Waals surface area contributed by atoms with E-state index < -0.39 is 12.4 Å². The van der Waals surface area contributed by atoms with Gasteiger partial charge in [-0.1, -0.05) is 6.92 Å². The summed E-state index contributed by atoms with van der Waals surface area (Å²) in [5.74, 6) is 1.58. The predicted molar refractivity (Wildman–Crippen MR) is 150 cm³/mol. The van der Waals surface area contributed by atoms with Gasteiger partial charge in [-0.15, -0.1) is 10.2 Å². The van der Waals surface area contributed by atoms with Crippen LogP contribution in [0.25, 0.3) is 10.8 Å². The molecule has 7 rings (SSSR count). The Morgan fingerprint density at radius 2 is 1.98 bits per heavy atom. The molecule has 0 radical (unpaired) electrons. The van der Waals surface area contributed by atoms with Crippen LogP contribution in [0.3, 0.4) is 0 Å². The van der Waals surface area contributed by atoms with Crippen LogP contribution < -0.4 is 10.2 Å². The minimum atomic E-state index is -2.83. The van der Waals surface area contributed by atoms with Crippen molar-refractivity contribution < 1.29 is 22.7 Å². The highest BCUT2D eigenvalue weighted by atomic mass is 19.3. The Kier molecular flexibility index (Phi) is 6.54. The minimum absolute atomic E-state index is 0.163. The van der Waals surface area contributed by atoms with E-state index in [1.54, 1.807) is 29.4 Å². The van der Waals surface area contributed by atoms with Gasteiger partial charge in [-0.2, -0.15) is 8.78 Å². The number of rotatable bonds is 10. The number of anilines is 2. The first kappa shape index (κ1) is 27.0. The molecule has 2 saturated carbocycles. The maximum absolute atomic E-state index is 15.1. The van der Waals surface area contributed by atoms with Gasteiger partial charge >= 0.3 is 6.61 Å². The van der Waals surface area contributed by atoms with Crippen LogP contribution in [0.4, 0.5) is 24.7 Å². The molecule has 2 aromatic heterocycles. The van der Waals surface area contributed by atoms with Crippen molar-refractivity contribution in [1.29, 1.82) is 0 Å². The number of aryl methyl sites for hydroxylation is 1. The first-order valence-electron chi connectivity index (χ1n) is 14.3. The quantitative estimate of drug-likeness (QED) is 0.243. The molecule has 0 saturated heterocycles. The van der Waals surface area contributed by atoms with Gasteiger partial charge in [0.15, 0.2) is 0 Å². The number of alkyl halides is 2. The zero-order valence-corrected chi connectivity index (χ0v) is 23.4. The lowest BCUT2D eigenvalue weighted by molar-refractivity contribution is -0.127. The average Bonchev–Trinajstić information content (AvgIpc) is 3.65. The first-order chi connectivity index (χ1) is 20.2. The molecule has 0 unspecified atom stereocenters. The Hall–Kier alpha value is -3.83. The number of ether oxygens (including phenoxy) is 1. The highest BCUT2D eigenvalue weighted by molar-refractivity contribution is 6.27. The minimum Gasteiger partial charge on any atom is -0.322 e. The van der Waals surface area contributed by atoms with Crippen LogP contribution in [0.15, 0.2) is 42.7 Å². The summed E-state index contributed by atoms with van der Waals surface area (Å²) in [7, 11) is 1.96. The molecule has 11 heteroatoms. The van der Waals surface area contributed by atoms with Crippen LogP contribution in [0.1, 0.15) is 71.5 Å². The molecule has 8 nitrogen and oxygen atoms in total. The van der Waals surface area contributed by atoms with E-state index in [0.717, 1.165) is 42.8 Å². The van der Waals surface area contributed by atoms with E-state index in [0.29, 0.717) is 45.2 Å². The van der Waals surface area contributed by atoms with Gasteiger partial charge in [-0.05, 0) is 79.1 Å². The lowest BCUT2D eigenvalue weighted by atomic mass is 9.58. The summed E-state index contributed by atoms with van der Waals surface area (Å²) in [6.45, 7) is -0.312. The van der Waals surface area contributed by atoms with Crippen molar-refractivity contribution in [3.8, 4) is 0 Å². The summed E-state index contributed by atoms with van der Waals surface area (Å²) in [6.07, 6.45) is 5.66. The first-order valence-corrected chi connectivity index (χ1v) is 14.3. The summed E-state index contributed by atoms with van der Waals surface area (Å²) >= 11 is 0. The molecule has 2 fully saturated rings. The van der Waals surface area contributed by atoms with Crippen molar-refractivity contribution in [3.05, 3.63) is 76.8 Å². The molecule has 1 amide bonds. The van der Waals surface area contributed by atoms with Crippen LogP contribution in [0.5, 0.6) is 0 Å². The zero-order valence-electron chi connectivity index (χ0n) is 23.4. The van der Waals surface area contributed by atoms with Crippen LogP contribution in [-0.4, -0.2) is 45.4 Å². The lowest BCUT2D eigenvalue weighted by Crippen LogP contribution is -2.43. The summed E-state index contributed by atoms with van der Waals surface area (Å²) in [5.41, 5.74) is 3.36. The summed E-state index contributed by atoms with van der Waals surface area (Å²) in [4.78, 5) is 20.7. The highest BCUT2D eigenvalue weighted by Crippen LogP contribution is 2.54. The fourth-order valence-corrected chi connectivity index (χ4v) is 6.77. The largest absolute Gasteiger partial charge is 0.345 e. The number of nitrogens with zero attached hydrogens (tertiary/aromatic N) is 5. The number of carbonyl (C=O) groups excluding carboxylic acids is 1. The Balaban J connectivity index is 1.28. The maximum atomic E-state index is 15.1. The molecule has 3 aliphatic rings. The third kappa shape index (κ3) is 4.46. The monoisotopic (exact) mass is 576 g/mol. The molecular formula is C31H31F3N6O2. The molecule has 1 aliphatic heterocycles. The van der Waals surface area contributed by atoms with E-state index in [1.165, 1.54) is 6.07 Å². The molecule has 218 valence electrons. The van der Waals surface area contributed by atoms with Crippen molar-refractivity contribution in [2.45, 2.75) is 57.1 Å². The topological polar surface area (TPSA) is 85.2 Å². The molecule has 0 bridgehead atoms. The summed E-state index contributed by atoms with van der Waals surface area (Å²) in [6, 6.07) is 10.6. The van der Waals surface area contributed by atoms with Crippen LogP contribution in [0, 0.1) is 11.7 Å². The van der Waals surface area contributed by atoms with Crippen LogP contribution in [-0.2, 0) is 23.7 Å². The fourth-order valence-electron chi connectivity index (χ4n) is 6.77. The molecule has 4 aromatic rings. The molecule has 1 N–H and O–H groups in total. The maximum Gasteiger partial charge on any atom is 0.345 e. The van der Waals surface area contributed by atoms with E-state index >= 15 is 4.39 Å². The molecule has 3 heterocycles. The second-order valence-corrected chi connectivity index (χ2v) is 11.9. The lowest BCUT2D eigenvalue weighted by Gasteiger charge is -2.46. The van der Waals surface area contributed by atoms with Gasteiger partial charge in [0.2, 0.25) is 0 Å². The zero-order chi connectivity index (χ0) is 29.2. The van der Waals surface area contributed by atoms with Crippen molar-refractivity contribution >= 4 is 28.2 Å². The van der Waals surface area contributed by atoms with Crippen LogP contribution in [0.2, 0.25) is 0 Å². The van der Waals surface area contributed by atoms with Gasteiger partial charge in [0.1, 0.15) is 23.8 Å². The van der Waals surface area contributed by atoms with Gasteiger partial charge in [0.05, 0.1) is 23.3 Å². The van der Waals surface area contributed by atoms with Gasteiger partial charge in [0, 0.05) is 42.5 Å². The number of amides is 1. The van der Waals surface area contributed by atoms with E-state index in [4.69, 9.17) is 4.98 Å². The van der Waals surface area contributed by atoms with E-state index in [9.17, 15) is 13.6 Å². The van der Waals surface area contributed by atoms with Gasteiger partial charge in [-0.3, -0.25) is 9.69 Å². The molecule has 2 aromatic carbocycles. The van der Waals surface area contributed by atoms with Gasteiger partial charge in [-0.25, -0.2) is 9.37 Å².